The molecule has 2 atom stereocenters. The molecule has 1 aliphatic heterocycles. The topological polar surface area (TPSA) is 12.0 Å². The Hall–Kier alpha value is -0.340. The van der Waals surface area contributed by atoms with Gasteiger partial charge in [-0.25, -0.2) is 0 Å². The van der Waals surface area contributed by atoms with Crippen molar-refractivity contribution in [3.8, 4) is 0 Å². The van der Waals surface area contributed by atoms with Crippen LogP contribution >= 0.6 is 11.3 Å². The first-order valence-electron chi connectivity index (χ1n) is 4.62. The number of thiophene rings is 1. The van der Waals surface area contributed by atoms with Crippen molar-refractivity contribution >= 4 is 11.3 Å². The van der Waals surface area contributed by atoms with Gasteiger partial charge in [-0.15, -0.1) is 0 Å². The molecule has 1 nitrogen and oxygen atoms in total. The normalized spacial score (nSPS) is 30.4. The van der Waals surface area contributed by atoms with Crippen LogP contribution in [0.1, 0.15) is 31.4 Å². The number of hydrogen-bond acceptors (Lipinski definition) is 2. The van der Waals surface area contributed by atoms with Crippen molar-refractivity contribution in [2.45, 2.75) is 25.8 Å². The summed E-state index contributed by atoms with van der Waals surface area (Å²) in [4.78, 5) is 0. The SMILES string of the molecule is C[C@H]1CC[C@H](c2ccsc2)NC1. The van der Waals surface area contributed by atoms with E-state index in [-0.39, 0.29) is 0 Å². The van der Waals surface area contributed by atoms with Gasteiger partial charge in [0.25, 0.3) is 0 Å². The Kier molecular flexibility index (Phi) is 2.47. The maximum absolute atomic E-state index is 3.58. The first kappa shape index (κ1) is 8.27. The van der Waals surface area contributed by atoms with E-state index in [9.17, 15) is 0 Å². The lowest BCUT2D eigenvalue weighted by Crippen LogP contribution is -2.31. The minimum absolute atomic E-state index is 0.632. The molecule has 1 N–H and O–H groups in total. The quantitative estimate of drug-likeness (QED) is 0.702. The molecule has 0 radical (unpaired) electrons. The van der Waals surface area contributed by atoms with E-state index in [1.54, 1.807) is 11.3 Å². The van der Waals surface area contributed by atoms with Gasteiger partial charge in [-0.1, -0.05) is 6.92 Å². The van der Waals surface area contributed by atoms with Gasteiger partial charge >= 0.3 is 0 Å². The van der Waals surface area contributed by atoms with Crippen LogP contribution in [0.5, 0.6) is 0 Å². The zero-order valence-corrected chi connectivity index (χ0v) is 8.23. The van der Waals surface area contributed by atoms with Crippen molar-refractivity contribution in [3.05, 3.63) is 22.4 Å². The van der Waals surface area contributed by atoms with Crippen LogP contribution in [0.3, 0.4) is 0 Å². The lowest BCUT2D eigenvalue weighted by molar-refractivity contribution is 0.333. The van der Waals surface area contributed by atoms with Crippen molar-refractivity contribution in [2.24, 2.45) is 5.92 Å². The van der Waals surface area contributed by atoms with E-state index < -0.39 is 0 Å². The molecule has 0 aromatic carbocycles. The average molecular weight is 181 g/mol. The highest BCUT2D eigenvalue weighted by Gasteiger charge is 2.18. The van der Waals surface area contributed by atoms with Crippen molar-refractivity contribution < 1.29 is 0 Å². The molecule has 2 heteroatoms. The van der Waals surface area contributed by atoms with Gasteiger partial charge in [0.2, 0.25) is 0 Å². The second-order valence-electron chi connectivity index (χ2n) is 3.70. The van der Waals surface area contributed by atoms with Crippen LogP contribution in [0.25, 0.3) is 0 Å². The molecule has 0 saturated carbocycles. The first-order chi connectivity index (χ1) is 5.86. The highest BCUT2D eigenvalue weighted by molar-refractivity contribution is 7.07. The second kappa shape index (κ2) is 3.58. The summed E-state index contributed by atoms with van der Waals surface area (Å²) in [5, 5.41) is 8.00. The zero-order valence-electron chi connectivity index (χ0n) is 7.42. The third-order valence-corrected chi connectivity index (χ3v) is 3.31. The number of nitrogens with one attached hydrogen (secondary N) is 1. The van der Waals surface area contributed by atoms with Gasteiger partial charge < -0.3 is 5.32 Å². The van der Waals surface area contributed by atoms with Crippen LogP contribution in [0, 0.1) is 5.92 Å². The Morgan fingerprint density at radius 1 is 1.50 bits per heavy atom. The summed E-state index contributed by atoms with van der Waals surface area (Å²) < 4.78 is 0. The fourth-order valence-corrected chi connectivity index (χ4v) is 2.47. The lowest BCUT2D eigenvalue weighted by Gasteiger charge is -2.27. The number of piperidine rings is 1. The Morgan fingerprint density at radius 2 is 2.42 bits per heavy atom. The van der Waals surface area contributed by atoms with Gasteiger partial charge in [0.05, 0.1) is 0 Å². The van der Waals surface area contributed by atoms with E-state index in [0.29, 0.717) is 6.04 Å². The van der Waals surface area contributed by atoms with Gasteiger partial charge in [0, 0.05) is 6.04 Å². The molecule has 1 aromatic heterocycles. The fraction of sp³-hybridized carbons (Fsp3) is 0.600. The summed E-state index contributed by atoms with van der Waals surface area (Å²) in [5.74, 6) is 0.861. The fourth-order valence-electron chi connectivity index (χ4n) is 1.76. The largest absolute Gasteiger partial charge is 0.310 e. The van der Waals surface area contributed by atoms with Crippen LogP contribution in [0.4, 0.5) is 0 Å². The molecule has 0 aliphatic carbocycles. The summed E-state index contributed by atoms with van der Waals surface area (Å²) in [6.07, 6.45) is 2.67. The van der Waals surface area contributed by atoms with Crippen molar-refractivity contribution in [3.63, 3.8) is 0 Å². The molecular weight excluding hydrogens is 166 g/mol. The van der Waals surface area contributed by atoms with Crippen LogP contribution in [-0.4, -0.2) is 6.54 Å². The Labute approximate surface area is 77.8 Å². The predicted octanol–water partition coefficient (Wildman–Crippen LogP) is 2.81. The molecule has 0 unspecified atom stereocenters. The van der Waals surface area contributed by atoms with Gasteiger partial charge in [-0.2, -0.15) is 11.3 Å². The highest BCUT2D eigenvalue weighted by atomic mass is 32.1. The first-order valence-corrected chi connectivity index (χ1v) is 5.56. The zero-order chi connectivity index (χ0) is 8.39. The molecule has 1 aliphatic rings. The predicted molar refractivity (Wildman–Crippen MR) is 53.5 cm³/mol. The van der Waals surface area contributed by atoms with Gasteiger partial charge in [0.15, 0.2) is 0 Å². The van der Waals surface area contributed by atoms with Crippen LogP contribution in [0.15, 0.2) is 16.8 Å². The Bertz CT molecular complexity index is 222. The number of hydrogen-bond donors (Lipinski definition) is 1. The van der Waals surface area contributed by atoms with E-state index in [2.05, 4.69) is 29.1 Å². The average Bonchev–Trinajstić information content (AvgIpc) is 2.58. The van der Waals surface area contributed by atoms with Gasteiger partial charge in [0.1, 0.15) is 0 Å². The molecule has 1 saturated heterocycles. The Morgan fingerprint density at radius 3 is 3.00 bits per heavy atom. The molecule has 66 valence electrons. The van der Waals surface area contributed by atoms with Gasteiger partial charge in [-0.3, -0.25) is 0 Å². The molecule has 0 spiro atoms. The van der Waals surface area contributed by atoms with Crippen molar-refractivity contribution in [2.75, 3.05) is 6.54 Å². The molecule has 2 heterocycles. The molecule has 0 bridgehead atoms. The van der Waals surface area contributed by atoms with Crippen molar-refractivity contribution in [1.82, 2.24) is 5.32 Å². The van der Waals surface area contributed by atoms with Crippen molar-refractivity contribution in [1.29, 1.82) is 0 Å². The molecule has 1 fully saturated rings. The van der Waals surface area contributed by atoms with E-state index in [4.69, 9.17) is 0 Å². The summed E-state index contributed by atoms with van der Waals surface area (Å²) >= 11 is 1.79. The maximum Gasteiger partial charge on any atom is 0.0328 e. The molecule has 1 aromatic rings. The van der Waals surface area contributed by atoms with Crippen LogP contribution in [0.2, 0.25) is 0 Å². The lowest BCUT2D eigenvalue weighted by atomic mass is 9.93. The maximum atomic E-state index is 3.58. The standard InChI is InChI=1S/C10H15NS/c1-8-2-3-10(11-6-8)9-4-5-12-7-9/h4-5,7-8,10-11H,2-3,6H2,1H3/t8-,10+/m0/s1. The molecule has 0 amide bonds. The summed E-state index contributed by atoms with van der Waals surface area (Å²) in [6, 6.07) is 2.87. The monoisotopic (exact) mass is 181 g/mol. The van der Waals surface area contributed by atoms with Crippen LogP contribution in [-0.2, 0) is 0 Å². The molecule has 12 heavy (non-hydrogen) atoms. The van der Waals surface area contributed by atoms with E-state index >= 15 is 0 Å². The third kappa shape index (κ3) is 1.70. The summed E-state index contributed by atoms with van der Waals surface area (Å²) in [7, 11) is 0. The molecular formula is C10H15NS. The minimum Gasteiger partial charge on any atom is -0.310 e. The highest BCUT2D eigenvalue weighted by Crippen LogP contribution is 2.26. The number of rotatable bonds is 1. The second-order valence-corrected chi connectivity index (χ2v) is 4.48. The minimum atomic E-state index is 0.632. The van der Waals surface area contributed by atoms with E-state index in [0.717, 1.165) is 5.92 Å². The van der Waals surface area contributed by atoms with Gasteiger partial charge in [-0.05, 0) is 47.7 Å². The molecule has 2 rings (SSSR count). The van der Waals surface area contributed by atoms with Crippen LogP contribution < -0.4 is 5.32 Å². The van der Waals surface area contributed by atoms with E-state index in [1.165, 1.54) is 24.9 Å². The smallest absolute Gasteiger partial charge is 0.0328 e. The summed E-state index contributed by atoms with van der Waals surface area (Å²) in [5.41, 5.74) is 1.48. The third-order valence-electron chi connectivity index (χ3n) is 2.61. The Balaban J connectivity index is 1.99. The summed E-state index contributed by atoms with van der Waals surface area (Å²) in [6.45, 7) is 3.50. The van der Waals surface area contributed by atoms with E-state index in [1.807, 2.05) is 0 Å².